The van der Waals surface area contributed by atoms with Crippen LogP contribution >= 0.6 is 0 Å². The summed E-state index contributed by atoms with van der Waals surface area (Å²) in [6.07, 6.45) is 6.17. The Hall–Kier alpha value is -3.81. The summed E-state index contributed by atoms with van der Waals surface area (Å²) >= 11 is 0. The van der Waals surface area contributed by atoms with Gasteiger partial charge >= 0.3 is 0 Å². The van der Waals surface area contributed by atoms with Crippen molar-refractivity contribution in [2.75, 3.05) is 11.5 Å². The Morgan fingerprint density at radius 1 is 1.03 bits per heavy atom. The van der Waals surface area contributed by atoms with Gasteiger partial charge in [-0.15, -0.1) is 0 Å². The minimum Gasteiger partial charge on any atom is -0.485 e. The number of aryl methyl sites for hydroxylation is 4. The van der Waals surface area contributed by atoms with Crippen LogP contribution in [0.5, 0.6) is 11.5 Å². The lowest BCUT2D eigenvalue weighted by atomic mass is 9.94. The molecule has 38 heavy (non-hydrogen) atoms. The number of aromatic nitrogens is 2. The van der Waals surface area contributed by atoms with Gasteiger partial charge in [0, 0.05) is 30.5 Å². The van der Waals surface area contributed by atoms with E-state index >= 15 is 0 Å². The number of anilines is 1. The normalized spacial score (nSPS) is 18.1. The first-order valence-corrected chi connectivity index (χ1v) is 13.4. The van der Waals surface area contributed by atoms with E-state index in [2.05, 4.69) is 10.4 Å². The van der Waals surface area contributed by atoms with Gasteiger partial charge in [0.25, 0.3) is 5.91 Å². The maximum Gasteiger partial charge on any atom is 0.272 e. The number of hydrogen-bond donors (Lipinski definition) is 1. The molecule has 1 aliphatic carbocycles. The first-order chi connectivity index (χ1) is 18.3. The first kappa shape index (κ1) is 25.8. The van der Waals surface area contributed by atoms with Crippen LogP contribution in [0.2, 0.25) is 0 Å². The fourth-order valence-corrected chi connectivity index (χ4v) is 5.39. The number of ether oxygens (including phenoxy) is 2. The third-order valence-electron chi connectivity index (χ3n) is 7.59. The second-order valence-electron chi connectivity index (χ2n) is 10.4. The topological polar surface area (TPSA) is 85.7 Å². The number of rotatable bonds is 6. The van der Waals surface area contributed by atoms with Gasteiger partial charge in [0.05, 0.1) is 5.69 Å². The molecule has 1 N–H and O–H groups in total. The average Bonchev–Trinajstić information content (AvgIpc) is 3.25. The molecule has 2 aliphatic rings. The molecule has 200 valence electrons. The zero-order chi connectivity index (χ0) is 26.8. The average molecular weight is 517 g/mol. The van der Waals surface area contributed by atoms with Gasteiger partial charge in [-0.05, 0) is 69.0 Å². The fraction of sp³-hybridized carbons (Fsp3) is 0.433. The molecule has 0 unspecified atom stereocenters. The second kappa shape index (κ2) is 10.9. The molecule has 2 heterocycles. The van der Waals surface area contributed by atoms with Crippen LogP contribution in [0, 0.1) is 20.8 Å². The molecule has 3 aromatic rings. The van der Waals surface area contributed by atoms with Crippen molar-refractivity contribution in [3.8, 4) is 11.5 Å². The zero-order valence-corrected chi connectivity index (χ0v) is 22.6. The van der Waals surface area contributed by atoms with Gasteiger partial charge in [0.1, 0.15) is 12.6 Å². The van der Waals surface area contributed by atoms with Gasteiger partial charge < -0.3 is 14.8 Å². The van der Waals surface area contributed by atoms with Gasteiger partial charge in [-0.25, -0.2) is 0 Å². The van der Waals surface area contributed by atoms with Crippen molar-refractivity contribution in [1.29, 1.82) is 0 Å². The van der Waals surface area contributed by atoms with Crippen molar-refractivity contribution in [2.24, 2.45) is 7.05 Å². The lowest BCUT2D eigenvalue weighted by molar-refractivity contribution is -0.132. The molecule has 8 heteroatoms. The van der Waals surface area contributed by atoms with E-state index in [-0.39, 0.29) is 24.5 Å². The number of nitrogens with one attached hydrogen (secondary N) is 1. The SMILES string of the molecule is Cc1ccc(N(C(=O)[C@@H]2COc3ccccc3O2)[C@H](C(=O)NC2CCCCC2)c2cn(C)nc2C)cc1C. The maximum atomic E-state index is 14.3. The molecule has 5 rings (SSSR count). The smallest absolute Gasteiger partial charge is 0.272 e. The molecule has 0 saturated heterocycles. The molecule has 0 bridgehead atoms. The lowest BCUT2D eigenvalue weighted by Crippen LogP contribution is -2.52. The van der Waals surface area contributed by atoms with Crippen molar-refractivity contribution in [1.82, 2.24) is 15.1 Å². The molecule has 1 aliphatic heterocycles. The third-order valence-corrected chi connectivity index (χ3v) is 7.59. The largest absolute Gasteiger partial charge is 0.485 e. The standard InChI is InChI=1S/C30H36N4O4/c1-19-14-15-23(16-20(19)2)34(30(36)27-18-37-25-12-8-9-13-26(25)38-27)28(24-17-33(4)32-21(24)3)29(35)31-22-10-6-5-7-11-22/h8-9,12-17,22,27-28H,5-7,10-11,18H2,1-4H3,(H,31,35)/t27-,28-/m0/s1. The molecular weight excluding hydrogens is 480 g/mol. The summed E-state index contributed by atoms with van der Waals surface area (Å²) in [5.41, 5.74) is 4.15. The molecular formula is C30H36N4O4. The Morgan fingerprint density at radius 2 is 1.76 bits per heavy atom. The van der Waals surface area contributed by atoms with Crippen LogP contribution in [0.1, 0.15) is 60.5 Å². The number of amides is 2. The number of hydrogen-bond acceptors (Lipinski definition) is 5. The summed E-state index contributed by atoms with van der Waals surface area (Å²) in [4.78, 5) is 30.0. The number of nitrogens with zero attached hydrogens (tertiary/aromatic N) is 3. The highest BCUT2D eigenvalue weighted by Crippen LogP contribution is 2.35. The molecule has 0 spiro atoms. The Kier molecular flexibility index (Phi) is 7.40. The summed E-state index contributed by atoms with van der Waals surface area (Å²) < 4.78 is 13.7. The summed E-state index contributed by atoms with van der Waals surface area (Å²) in [6, 6.07) is 12.3. The van der Waals surface area contributed by atoms with E-state index in [0.717, 1.165) is 36.8 Å². The Bertz CT molecular complexity index is 1330. The van der Waals surface area contributed by atoms with Crippen molar-refractivity contribution in [3.05, 3.63) is 71.0 Å². The minimum atomic E-state index is -0.916. The Morgan fingerprint density at radius 3 is 2.45 bits per heavy atom. The lowest BCUT2D eigenvalue weighted by Gasteiger charge is -2.36. The highest BCUT2D eigenvalue weighted by atomic mass is 16.6. The van der Waals surface area contributed by atoms with Gasteiger partial charge in [-0.1, -0.05) is 37.5 Å². The van der Waals surface area contributed by atoms with Crippen molar-refractivity contribution in [2.45, 2.75) is 71.1 Å². The molecule has 1 fully saturated rings. The number of fused-ring (bicyclic) bond motifs is 1. The number of benzene rings is 2. The van der Waals surface area contributed by atoms with E-state index in [9.17, 15) is 9.59 Å². The molecule has 1 aromatic heterocycles. The summed E-state index contributed by atoms with van der Waals surface area (Å²) in [5, 5.41) is 7.77. The molecule has 2 amide bonds. The quantitative estimate of drug-likeness (QED) is 0.513. The van der Waals surface area contributed by atoms with Crippen molar-refractivity contribution >= 4 is 17.5 Å². The van der Waals surface area contributed by atoms with E-state index in [1.54, 1.807) is 15.6 Å². The van der Waals surface area contributed by atoms with Crippen LogP contribution in [0.15, 0.2) is 48.7 Å². The van der Waals surface area contributed by atoms with Crippen LogP contribution in [0.3, 0.4) is 0 Å². The Balaban J connectivity index is 1.58. The van der Waals surface area contributed by atoms with Crippen LogP contribution in [0.25, 0.3) is 0 Å². The van der Waals surface area contributed by atoms with Crippen molar-refractivity contribution < 1.29 is 19.1 Å². The van der Waals surface area contributed by atoms with E-state index in [4.69, 9.17) is 9.47 Å². The minimum absolute atomic E-state index is 0.0557. The zero-order valence-electron chi connectivity index (χ0n) is 22.6. The number of carbonyl (C=O) groups is 2. The molecule has 0 radical (unpaired) electrons. The molecule has 2 atom stereocenters. The monoisotopic (exact) mass is 516 g/mol. The number of para-hydroxylation sites is 2. The highest BCUT2D eigenvalue weighted by Gasteiger charge is 2.41. The van der Waals surface area contributed by atoms with Crippen LogP contribution < -0.4 is 19.7 Å². The van der Waals surface area contributed by atoms with E-state index in [1.165, 1.54) is 6.42 Å². The van der Waals surface area contributed by atoms with Crippen LogP contribution in [0.4, 0.5) is 5.69 Å². The van der Waals surface area contributed by atoms with E-state index in [0.29, 0.717) is 28.4 Å². The maximum absolute atomic E-state index is 14.3. The summed E-state index contributed by atoms with van der Waals surface area (Å²) in [6.45, 7) is 5.96. The van der Waals surface area contributed by atoms with Gasteiger partial charge in [0.2, 0.25) is 12.0 Å². The summed E-state index contributed by atoms with van der Waals surface area (Å²) in [7, 11) is 1.82. The van der Waals surface area contributed by atoms with Gasteiger partial charge in [-0.3, -0.25) is 19.2 Å². The molecule has 1 saturated carbocycles. The van der Waals surface area contributed by atoms with E-state index < -0.39 is 12.1 Å². The summed E-state index contributed by atoms with van der Waals surface area (Å²) in [5.74, 6) is 0.563. The van der Waals surface area contributed by atoms with Crippen LogP contribution in [-0.4, -0.2) is 40.3 Å². The first-order valence-electron chi connectivity index (χ1n) is 13.4. The third kappa shape index (κ3) is 5.26. The predicted octanol–water partition coefficient (Wildman–Crippen LogP) is 4.71. The number of carbonyl (C=O) groups excluding carboxylic acids is 2. The highest BCUT2D eigenvalue weighted by molar-refractivity contribution is 6.04. The molecule has 8 nitrogen and oxygen atoms in total. The van der Waals surface area contributed by atoms with Crippen molar-refractivity contribution in [3.63, 3.8) is 0 Å². The van der Waals surface area contributed by atoms with Gasteiger partial charge in [-0.2, -0.15) is 5.10 Å². The van der Waals surface area contributed by atoms with Crippen LogP contribution in [-0.2, 0) is 16.6 Å². The Labute approximate surface area is 223 Å². The fourth-order valence-electron chi connectivity index (χ4n) is 5.39. The van der Waals surface area contributed by atoms with E-state index in [1.807, 2.05) is 70.4 Å². The van der Waals surface area contributed by atoms with Gasteiger partial charge in [0.15, 0.2) is 11.5 Å². The predicted molar refractivity (Wildman–Crippen MR) is 145 cm³/mol. The second-order valence-corrected chi connectivity index (χ2v) is 10.4. The molecule has 2 aromatic carbocycles.